The van der Waals surface area contributed by atoms with E-state index in [0.717, 1.165) is 35.4 Å². The number of carbonyl (C=O) groups excluding carboxylic acids is 2. The molecule has 0 aliphatic carbocycles. The molecule has 2 aromatic carbocycles. The Labute approximate surface area is 166 Å². The number of carbonyl (C=O) groups is 2. The van der Waals surface area contributed by atoms with Crippen molar-refractivity contribution in [2.75, 3.05) is 25.5 Å². The van der Waals surface area contributed by atoms with Crippen LogP contribution in [0.15, 0.2) is 61.2 Å². The summed E-state index contributed by atoms with van der Waals surface area (Å²) < 4.78 is 5.27. The van der Waals surface area contributed by atoms with Crippen LogP contribution in [0.4, 0.5) is 5.69 Å². The van der Waals surface area contributed by atoms with Gasteiger partial charge in [-0.25, -0.2) is 0 Å². The smallest absolute Gasteiger partial charge is 0.229 e. The number of benzene rings is 2. The van der Waals surface area contributed by atoms with E-state index in [9.17, 15) is 9.59 Å². The van der Waals surface area contributed by atoms with Gasteiger partial charge in [-0.15, -0.1) is 6.58 Å². The maximum atomic E-state index is 12.6. The number of rotatable bonds is 6. The van der Waals surface area contributed by atoms with Crippen molar-refractivity contribution in [1.29, 1.82) is 0 Å². The molecule has 1 saturated heterocycles. The van der Waals surface area contributed by atoms with Crippen molar-refractivity contribution in [3.8, 4) is 16.9 Å². The number of nitrogens with zero attached hydrogens (tertiary/aromatic N) is 1. The zero-order valence-electron chi connectivity index (χ0n) is 16.2. The summed E-state index contributed by atoms with van der Waals surface area (Å²) >= 11 is 0. The molecule has 1 atom stereocenters. The summed E-state index contributed by atoms with van der Waals surface area (Å²) in [5.74, 6) is 0.628. The van der Waals surface area contributed by atoms with E-state index in [2.05, 4.69) is 11.9 Å². The predicted octanol–water partition coefficient (Wildman–Crippen LogP) is 4.12. The minimum absolute atomic E-state index is 0.0368. The van der Waals surface area contributed by atoms with Crippen molar-refractivity contribution in [1.82, 2.24) is 4.90 Å². The summed E-state index contributed by atoms with van der Waals surface area (Å²) in [4.78, 5) is 26.5. The summed E-state index contributed by atoms with van der Waals surface area (Å²) in [6, 6.07) is 15.6. The summed E-state index contributed by atoms with van der Waals surface area (Å²) in [5, 5.41) is 2.98. The zero-order valence-corrected chi connectivity index (χ0v) is 16.2. The van der Waals surface area contributed by atoms with Gasteiger partial charge in [-0.05, 0) is 48.2 Å². The van der Waals surface area contributed by atoms with Gasteiger partial charge in [-0.2, -0.15) is 0 Å². The Morgan fingerprint density at radius 1 is 1.21 bits per heavy atom. The molecule has 3 rings (SSSR count). The van der Waals surface area contributed by atoms with Crippen LogP contribution >= 0.6 is 0 Å². The highest BCUT2D eigenvalue weighted by molar-refractivity contribution is 5.93. The van der Waals surface area contributed by atoms with Gasteiger partial charge in [0, 0.05) is 25.2 Å². The molecule has 2 aromatic rings. The van der Waals surface area contributed by atoms with Gasteiger partial charge in [-0.3, -0.25) is 9.59 Å². The Morgan fingerprint density at radius 2 is 2.00 bits per heavy atom. The average Bonchev–Trinajstić information content (AvgIpc) is 2.74. The predicted molar refractivity (Wildman–Crippen MR) is 111 cm³/mol. The van der Waals surface area contributed by atoms with Crippen LogP contribution < -0.4 is 10.1 Å². The lowest BCUT2D eigenvalue weighted by Gasteiger charge is -2.32. The minimum Gasteiger partial charge on any atom is -0.497 e. The molecule has 28 heavy (non-hydrogen) atoms. The number of piperidine rings is 1. The van der Waals surface area contributed by atoms with Crippen molar-refractivity contribution in [2.45, 2.75) is 19.3 Å². The first kappa shape index (κ1) is 19.7. The van der Waals surface area contributed by atoms with Gasteiger partial charge in [0.2, 0.25) is 11.8 Å². The lowest BCUT2D eigenvalue weighted by Crippen LogP contribution is -2.43. The van der Waals surface area contributed by atoms with Crippen LogP contribution in [0.1, 0.15) is 19.3 Å². The maximum Gasteiger partial charge on any atom is 0.229 e. The normalized spacial score (nSPS) is 16.3. The highest BCUT2D eigenvalue weighted by atomic mass is 16.5. The molecule has 0 bridgehead atoms. The highest BCUT2D eigenvalue weighted by Gasteiger charge is 2.27. The standard InChI is InChI=1S/C23H26N2O3/c1-3-6-22(26)25-14-5-8-19(16-25)23(27)24-20-12-10-17(11-13-20)18-7-4-9-21(15-18)28-2/h3-4,7,9-13,15,19H,1,5-6,8,14,16H2,2H3,(H,24,27). The zero-order chi connectivity index (χ0) is 19.9. The van der Waals surface area contributed by atoms with Gasteiger partial charge in [-0.1, -0.05) is 30.3 Å². The van der Waals surface area contributed by atoms with Gasteiger partial charge in [0.05, 0.1) is 13.0 Å². The molecule has 1 fully saturated rings. The molecule has 1 heterocycles. The number of hydrogen-bond donors (Lipinski definition) is 1. The molecule has 146 valence electrons. The van der Waals surface area contributed by atoms with Gasteiger partial charge in [0.25, 0.3) is 0 Å². The Balaban J connectivity index is 1.62. The second-order valence-corrected chi connectivity index (χ2v) is 6.97. The van der Waals surface area contributed by atoms with Crippen LogP contribution in [0.3, 0.4) is 0 Å². The van der Waals surface area contributed by atoms with Crippen LogP contribution in [0.25, 0.3) is 11.1 Å². The Morgan fingerprint density at radius 3 is 2.71 bits per heavy atom. The molecular formula is C23H26N2O3. The van der Waals surface area contributed by atoms with Crippen molar-refractivity contribution in [3.63, 3.8) is 0 Å². The van der Waals surface area contributed by atoms with E-state index < -0.39 is 0 Å². The fourth-order valence-electron chi connectivity index (χ4n) is 3.46. The molecule has 1 aliphatic rings. The molecule has 2 amide bonds. The molecule has 0 spiro atoms. The van der Waals surface area contributed by atoms with Crippen LogP contribution in [-0.4, -0.2) is 36.9 Å². The number of likely N-dealkylation sites (tertiary alicyclic amines) is 1. The van der Waals surface area contributed by atoms with Gasteiger partial charge >= 0.3 is 0 Å². The molecule has 0 aromatic heterocycles. The van der Waals surface area contributed by atoms with Crippen molar-refractivity contribution >= 4 is 17.5 Å². The van der Waals surface area contributed by atoms with Crippen LogP contribution in [0.5, 0.6) is 5.75 Å². The maximum absolute atomic E-state index is 12.6. The first-order chi connectivity index (χ1) is 13.6. The van der Waals surface area contributed by atoms with E-state index in [1.165, 1.54) is 0 Å². The Kier molecular flexibility index (Phi) is 6.48. The lowest BCUT2D eigenvalue weighted by atomic mass is 9.96. The summed E-state index contributed by atoms with van der Waals surface area (Å²) in [6.07, 6.45) is 3.57. The molecule has 1 N–H and O–H groups in total. The minimum atomic E-state index is -0.180. The fraction of sp³-hybridized carbons (Fsp3) is 0.304. The number of methoxy groups -OCH3 is 1. The monoisotopic (exact) mass is 378 g/mol. The van der Waals surface area contributed by atoms with Gasteiger partial charge < -0.3 is 15.0 Å². The number of nitrogens with one attached hydrogen (secondary N) is 1. The Hall–Kier alpha value is -3.08. The van der Waals surface area contributed by atoms with E-state index in [0.29, 0.717) is 19.5 Å². The van der Waals surface area contributed by atoms with Crippen LogP contribution in [0, 0.1) is 5.92 Å². The fourth-order valence-corrected chi connectivity index (χ4v) is 3.46. The number of ether oxygens (including phenoxy) is 1. The molecule has 1 aliphatic heterocycles. The Bertz CT molecular complexity index is 845. The third kappa shape index (κ3) is 4.80. The van der Waals surface area contributed by atoms with E-state index in [1.54, 1.807) is 18.1 Å². The SMILES string of the molecule is C=CCC(=O)N1CCCC(C(=O)Nc2ccc(-c3cccc(OC)c3)cc2)C1. The number of hydrogen-bond acceptors (Lipinski definition) is 3. The second kappa shape index (κ2) is 9.22. The summed E-state index contributed by atoms with van der Waals surface area (Å²) in [7, 11) is 1.65. The third-order valence-corrected chi connectivity index (χ3v) is 5.02. The first-order valence-corrected chi connectivity index (χ1v) is 9.54. The molecule has 0 radical (unpaired) electrons. The number of amides is 2. The largest absolute Gasteiger partial charge is 0.497 e. The molecule has 0 saturated carbocycles. The van der Waals surface area contributed by atoms with Gasteiger partial charge in [0.1, 0.15) is 5.75 Å². The first-order valence-electron chi connectivity index (χ1n) is 9.54. The van der Waals surface area contributed by atoms with Crippen molar-refractivity contribution in [2.24, 2.45) is 5.92 Å². The second-order valence-electron chi connectivity index (χ2n) is 6.97. The molecule has 5 heteroatoms. The molecular weight excluding hydrogens is 352 g/mol. The molecule has 1 unspecified atom stereocenters. The van der Waals surface area contributed by atoms with E-state index >= 15 is 0 Å². The van der Waals surface area contributed by atoms with Crippen LogP contribution in [0.2, 0.25) is 0 Å². The van der Waals surface area contributed by atoms with E-state index in [4.69, 9.17) is 4.74 Å². The van der Waals surface area contributed by atoms with Crippen molar-refractivity contribution in [3.05, 3.63) is 61.2 Å². The third-order valence-electron chi connectivity index (χ3n) is 5.02. The molecule has 5 nitrogen and oxygen atoms in total. The van der Waals surface area contributed by atoms with Crippen LogP contribution in [-0.2, 0) is 9.59 Å². The quantitative estimate of drug-likeness (QED) is 0.770. The van der Waals surface area contributed by atoms with Crippen molar-refractivity contribution < 1.29 is 14.3 Å². The van der Waals surface area contributed by atoms with Gasteiger partial charge in [0.15, 0.2) is 0 Å². The average molecular weight is 378 g/mol. The lowest BCUT2D eigenvalue weighted by molar-refractivity contribution is -0.133. The van der Waals surface area contributed by atoms with E-state index in [-0.39, 0.29) is 17.7 Å². The van der Waals surface area contributed by atoms with E-state index in [1.807, 2.05) is 48.5 Å². The highest BCUT2D eigenvalue weighted by Crippen LogP contribution is 2.26. The summed E-state index contributed by atoms with van der Waals surface area (Å²) in [5.41, 5.74) is 2.86. The summed E-state index contributed by atoms with van der Waals surface area (Å²) in [6.45, 7) is 4.80. The topological polar surface area (TPSA) is 58.6 Å². The number of anilines is 1.